The molecule has 11 nitrogen and oxygen atoms in total. The predicted molar refractivity (Wildman–Crippen MR) is 171 cm³/mol. The molecule has 2 fully saturated rings. The number of hydrogen-bond donors (Lipinski definition) is 4. The number of nitrogens with one attached hydrogen (secondary N) is 1. The quantitative estimate of drug-likeness (QED) is 0.135. The summed E-state index contributed by atoms with van der Waals surface area (Å²) >= 11 is 10.6. The maximum Gasteiger partial charge on any atom is 0.280 e. The normalized spacial score (nSPS) is 31.9. The number of nitrogen functional groups attached to an aromatic ring is 1. The number of nitrogens with two attached hydrogens (primary N) is 1. The van der Waals surface area contributed by atoms with Gasteiger partial charge in [0.05, 0.1) is 19.0 Å². The van der Waals surface area contributed by atoms with Crippen LogP contribution >= 0.6 is 19.8 Å². The zero-order valence-corrected chi connectivity index (χ0v) is 28.6. The average molecular weight is 646 g/mol. The van der Waals surface area contributed by atoms with Crippen molar-refractivity contribution in [2.45, 2.75) is 107 Å². The summed E-state index contributed by atoms with van der Waals surface area (Å²) in [6.07, 6.45) is 0.532. The highest BCUT2D eigenvalue weighted by molar-refractivity contribution is 8.00. The summed E-state index contributed by atoms with van der Waals surface area (Å²) in [5.41, 5.74) is 6.75. The Balaban J connectivity index is 1.55. The number of anilines is 1. The maximum absolute atomic E-state index is 12.4. The van der Waals surface area contributed by atoms with Gasteiger partial charge in [0.15, 0.2) is 32.9 Å². The Morgan fingerprint density at radius 1 is 1.46 bits per heavy atom. The van der Waals surface area contributed by atoms with Crippen molar-refractivity contribution >= 4 is 57.0 Å². The number of fused-ring (bicyclic) bond motifs is 1. The molecule has 0 radical (unpaired) electrons. The second kappa shape index (κ2) is 12.1. The monoisotopic (exact) mass is 645 g/mol. The molecule has 0 bridgehead atoms. The minimum absolute atomic E-state index is 0.0611. The van der Waals surface area contributed by atoms with Crippen LogP contribution in [0.15, 0.2) is 23.3 Å². The SMILES string of the molecule is C=C(C)[C@@H]1CC[C@](C)(S)[C@@H](O[PH](=S)OC[C@H]2O[C@@H](n3cnc4c(=O)[nH]c(N)nc43)[C@H](O)C2O[Si](C)(C)C(C)(C)C)C1. The van der Waals surface area contributed by atoms with Gasteiger partial charge in [-0.2, -0.15) is 17.6 Å². The third-order valence-electron chi connectivity index (χ3n) is 8.76. The Labute approximate surface area is 253 Å². The van der Waals surface area contributed by atoms with Crippen LogP contribution in [-0.4, -0.2) is 68.7 Å². The number of H-pyrrole nitrogens is 1. The van der Waals surface area contributed by atoms with Gasteiger partial charge >= 0.3 is 0 Å². The van der Waals surface area contributed by atoms with Crippen LogP contribution in [0.5, 0.6) is 0 Å². The summed E-state index contributed by atoms with van der Waals surface area (Å²) in [4.78, 5) is 23.2. The molecule has 4 rings (SSSR count). The number of nitrogens with zero attached hydrogens (tertiary/aromatic N) is 3. The van der Waals surface area contributed by atoms with Crippen molar-refractivity contribution in [1.82, 2.24) is 19.5 Å². The number of imidazole rings is 1. The lowest BCUT2D eigenvalue weighted by molar-refractivity contribution is -0.0476. The van der Waals surface area contributed by atoms with Crippen molar-refractivity contribution in [1.29, 1.82) is 0 Å². The highest BCUT2D eigenvalue weighted by atomic mass is 32.4. The van der Waals surface area contributed by atoms with Crippen LogP contribution in [0.4, 0.5) is 5.95 Å². The highest BCUT2D eigenvalue weighted by Gasteiger charge is 2.51. The molecule has 3 heterocycles. The Bertz CT molecular complexity index is 1360. The number of ether oxygens (including phenoxy) is 1. The van der Waals surface area contributed by atoms with E-state index >= 15 is 0 Å². The van der Waals surface area contributed by atoms with E-state index in [0.29, 0.717) is 5.92 Å². The van der Waals surface area contributed by atoms with Gasteiger partial charge in [-0.15, -0.1) is 0 Å². The standard InChI is InChI=1S/C26H44N5O6PS2Si/c1-14(2)15-9-10-26(6,39)17(11-15)36-38(40)34-12-16-20(37-41(7,8)25(3,4)5)19(32)23(35-16)31-13-28-18-21(31)29-24(27)30-22(18)33/h13,15-17,19-20,23,32,38-39H,1,9-12H2,2-8H3,(H3,27,29,30,33)/t15-,16-,17+,19-,20?,23-,26+/m1/s1. The number of aliphatic hydroxyl groups is 1. The molecule has 2 aromatic heterocycles. The molecule has 1 aliphatic carbocycles. The summed E-state index contributed by atoms with van der Waals surface area (Å²) < 4.78 is 26.6. The highest BCUT2D eigenvalue weighted by Crippen LogP contribution is 2.46. The molecule has 0 amide bonds. The van der Waals surface area contributed by atoms with Gasteiger partial charge in [0, 0.05) is 4.75 Å². The number of thiol groups is 1. The number of aliphatic hydroxyl groups excluding tert-OH is 1. The maximum atomic E-state index is 12.4. The lowest BCUT2D eigenvalue weighted by Crippen LogP contribution is -2.49. The molecule has 0 spiro atoms. The third kappa shape index (κ3) is 7.02. The first kappa shape index (κ1) is 32.8. The van der Waals surface area contributed by atoms with Crippen molar-refractivity contribution in [3.05, 3.63) is 28.8 Å². The number of rotatable bonds is 9. The minimum Gasteiger partial charge on any atom is -0.408 e. The first-order valence-corrected chi connectivity index (χ1v) is 19.7. The van der Waals surface area contributed by atoms with Crippen LogP contribution in [0.25, 0.3) is 11.2 Å². The van der Waals surface area contributed by atoms with Crippen molar-refractivity contribution in [2.24, 2.45) is 5.92 Å². The molecule has 8 atom stereocenters. The molecule has 41 heavy (non-hydrogen) atoms. The first-order chi connectivity index (χ1) is 18.9. The Morgan fingerprint density at radius 2 is 2.15 bits per heavy atom. The fourth-order valence-electron chi connectivity index (χ4n) is 5.06. The number of aromatic amines is 1. The Kier molecular flexibility index (Phi) is 9.70. The van der Waals surface area contributed by atoms with Gasteiger partial charge in [-0.1, -0.05) is 32.9 Å². The van der Waals surface area contributed by atoms with E-state index < -0.39 is 45.6 Å². The van der Waals surface area contributed by atoms with Gasteiger partial charge in [-0.05, 0) is 69.0 Å². The molecular formula is C26H44N5O6PS2Si. The molecule has 230 valence electrons. The van der Waals surface area contributed by atoms with Crippen LogP contribution in [0, 0.1) is 5.92 Å². The van der Waals surface area contributed by atoms with Crippen molar-refractivity contribution < 1.29 is 23.3 Å². The van der Waals surface area contributed by atoms with Crippen LogP contribution in [0.2, 0.25) is 18.1 Å². The van der Waals surface area contributed by atoms with Crippen LogP contribution in [-0.2, 0) is 30.0 Å². The van der Waals surface area contributed by atoms with Gasteiger partial charge in [0.25, 0.3) is 5.56 Å². The van der Waals surface area contributed by atoms with E-state index in [0.717, 1.165) is 24.8 Å². The summed E-state index contributed by atoms with van der Waals surface area (Å²) in [5.74, 6) is 0.301. The number of hydrogen-bond acceptors (Lipinski definition) is 11. The van der Waals surface area contributed by atoms with Crippen molar-refractivity contribution in [2.75, 3.05) is 12.3 Å². The summed E-state index contributed by atoms with van der Waals surface area (Å²) in [5, 5.41) is 11.4. The largest absolute Gasteiger partial charge is 0.408 e. The van der Waals surface area contributed by atoms with E-state index in [1.165, 1.54) is 10.9 Å². The summed E-state index contributed by atoms with van der Waals surface area (Å²) in [6, 6.07) is 0. The van der Waals surface area contributed by atoms with Crippen LogP contribution in [0.3, 0.4) is 0 Å². The second-order valence-electron chi connectivity index (χ2n) is 13.0. The fourth-order valence-corrected chi connectivity index (χ4v) is 8.28. The molecular weight excluding hydrogens is 602 g/mol. The van der Waals surface area contributed by atoms with E-state index in [2.05, 4.69) is 62.3 Å². The van der Waals surface area contributed by atoms with Gasteiger partial charge in [0.1, 0.15) is 18.3 Å². The summed E-state index contributed by atoms with van der Waals surface area (Å²) in [7, 11) is -4.46. The van der Waals surface area contributed by atoms with E-state index in [1.54, 1.807) is 0 Å². The smallest absolute Gasteiger partial charge is 0.280 e. The second-order valence-corrected chi connectivity index (χ2v) is 20.8. The Morgan fingerprint density at radius 3 is 2.78 bits per heavy atom. The topological polar surface area (TPSA) is 147 Å². The van der Waals surface area contributed by atoms with Gasteiger partial charge in [-0.25, -0.2) is 4.98 Å². The average Bonchev–Trinajstić information content (AvgIpc) is 3.39. The molecule has 4 N–H and O–H groups in total. The molecule has 1 aliphatic heterocycles. The van der Waals surface area contributed by atoms with Crippen molar-refractivity contribution in [3.63, 3.8) is 0 Å². The third-order valence-corrected chi connectivity index (χ3v) is 15.3. The van der Waals surface area contributed by atoms with E-state index in [4.69, 9.17) is 48.4 Å². The fraction of sp³-hybridized carbons (Fsp3) is 0.731. The van der Waals surface area contributed by atoms with E-state index in [1.807, 2.05) is 6.92 Å². The van der Waals surface area contributed by atoms with Crippen LogP contribution < -0.4 is 11.3 Å². The van der Waals surface area contributed by atoms with Gasteiger partial charge in [-0.3, -0.25) is 14.3 Å². The Hall–Kier alpha value is -1.09. The zero-order chi connectivity index (χ0) is 30.5. The first-order valence-electron chi connectivity index (χ1n) is 13.9. The molecule has 1 saturated heterocycles. The van der Waals surface area contributed by atoms with Gasteiger partial charge in [0.2, 0.25) is 5.95 Å². The molecule has 15 heteroatoms. The molecule has 0 aromatic carbocycles. The van der Waals surface area contributed by atoms with Gasteiger partial charge < -0.3 is 29.1 Å². The summed E-state index contributed by atoms with van der Waals surface area (Å²) in [6.45, 7) is 18.9. The predicted octanol–water partition coefficient (Wildman–Crippen LogP) is 4.32. The lowest BCUT2D eigenvalue weighted by atomic mass is 9.77. The van der Waals surface area contributed by atoms with Crippen molar-refractivity contribution in [3.8, 4) is 0 Å². The zero-order valence-electron chi connectivity index (χ0n) is 24.8. The lowest BCUT2D eigenvalue weighted by Gasteiger charge is -2.41. The van der Waals surface area contributed by atoms with E-state index in [-0.39, 0.29) is 39.6 Å². The number of aromatic nitrogens is 4. The molecule has 2 aliphatic rings. The molecule has 2 aromatic rings. The number of allylic oxidation sites excluding steroid dienone is 1. The molecule has 1 saturated carbocycles. The van der Waals surface area contributed by atoms with Crippen LogP contribution in [0.1, 0.15) is 60.1 Å². The molecule has 2 unspecified atom stereocenters. The van der Waals surface area contributed by atoms with E-state index in [9.17, 15) is 9.90 Å². The minimum atomic E-state index is -2.35.